The van der Waals surface area contributed by atoms with E-state index >= 15 is 0 Å². The Morgan fingerprint density at radius 2 is 0.434 bits per heavy atom. The summed E-state index contributed by atoms with van der Waals surface area (Å²) in [5, 5.41) is 6.26. The van der Waals surface area contributed by atoms with Gasteiger partial charge in [-0.3, -0.25) is 28.8 Å². The molecule has 0 saturated heterocycles. The second kappa shape index (κ2) is 84.2. The van der Waals surface area contributed by atoms with Gasteiger partial charge in [0.25, 0.3) is 0 Å². The highest BCUT2D eigenvalue weighted by atomic mass is 16.6. The van der Waals surface area contributed by atoms with E-state index in [2.05, 4.69) is 62.0 Å². The summed E-state index contributed by atoms with van der Waals surface area (Å²) in [4.78, 5) is 82.5. The number of rotatable bonds is 87. The molecular weight excluding hydrogens is 1320 g/mol. The van der Waals surface area contributed by atoms with Crippen LogP contribution < -0.4 is 10.6 Å². The van der Waals surface area contributed by atoms with Gasteiger partial charge in [0.15, 0.2) is 0 Å². The molecular formula is C92H178N4O10. The fourth-order valence-electron chi connectivity index (χ4n) is 14.6. The first-order valence-corrected chi connectivity index (χ1v) is 46.7. The maximum Gasteiger partial charge on any atom is 0.306 e. The van der Waals surface area contributed by atoms with E-state index in [1.54, 1.807) is 0 Å². The second-order valence-corrected chi connectivity index (χ2v) is 32.1. The van der Waals surface area contributed by atoms with E-state index in [0.29, 0.717) is 52.0 Å². The van der Waals surface area contributed by atoms with Crippen LogP contribution in [0.4, 0.5) is 0 Å². The SMILES string of the molecule is CCCCCCCCCOC(=O)CCCCCCCN(CCCCCCCC(=O)OC(CCCCCCCC)CCCCCCCC)CCNC(=O)CCC(=O)NCCN(CCCCCCCC(=O)OCCCCCCCCC)CCCCCCCC(=O)OC(CCCCCCCC)CCCCCCCC. The highest BCUT2D eigenvalue weighted by molar-refractivity contribution is 5.83. The minimum Gasteiger partial charge on any atom is -0.466 e. The van der Waals surface area contributed by atoms with Gasteiger partial charge in [-0.05, 0) is 142 Å². The summed E-state index contributed by atoms with van der Waals surface area (Å²) in [6.45, 7) is 21.0. The van der Waals surface area contributed by atoms with Gasteiger partial charge in [0, 0.05) is 64.7 Å². The van der Waals surface area contributed by atoms with Gasteiger partial charge in [0.1, 0.15) is 12.2 Å². The molecule has 0 atom stereocenters. The van der Waals surface area contributed by atoms with Crippen LogP contribution in [0.2, 0.25) is 0 Å². The molecule has 0 aromatic rings. The van der Waals surface area contributed by atoms with E-state index in [1.807, 2.05) is 0 Å². The van der Waals surface area contributed by atoms with Crippen molar-refractivity contribution in [1.29, 1.82) is 0 Å². The summed E-state index contributed by atoms with van der Waals surface area (Å²) in [6.07, 6.45) is 73.9. The largest absolute Gasteiger partial charge is 0.466 e. The van der Waals surface area contributed by atoms with Gasteiger partial charge >= 0.3 is 23.9 Å². The van der Waals surface area contributed by atoms with Crippen molar-refractivity contribution in [3.8, 4) is 0 Å². The van der Waals surface area contributed by atoms with Gasteiger partial charge in [-0.2, -0.15) is 0 Å². The predicted molar refractivity (Wildman–Crippen MR) is 449 cm³/mol. The molecule has 0 aliphatic heterocycles. The number of nitrogens with one attached hydrogen (secondary N) is 2. The summed E-state index contributed by atoms with van der Waals surface area (Å²) in [5.41, 5.74) is 0. The van der Waals surface area contributed by atoms with E-state index in [1.165, 1.54) is 193 Å². The Hall–Kier alpha value is -3.26. The number of hydrogen-bond donors (Lipinski definition) is 2. The summed E-state index contributed by atoms with van der Waals surface area (Å²) >= 11 is 0. The van der Waals surface area contributed by atoms with Crippen molar-refractivity contribution in [3.05, 3.63) is 0 Å². The van der Waals surface area contributed by atoms with Crippen molar-refractivity contribution in [3.63, 3.8) is 0 Å². The first-order chi connectivity index (χ1) is 52.0. The lowest BCUT2D eigenvalue weighted by molar-refractivity contribution is -0.151. The fraction of sp³-hybridized carbons (Fsp3) is 0.935. The molecule has 106 heavy (non-hydrogen) atoms. The third kappa shape index (κ3) is 77.5. The Bertz CT molecular complexity index is 1740. The van der Waals surface area contributed by atoms with Crippen molar-refractivity contribution < 1.29 is 47.7 Å². The van der Waals surface area contributed by atoms with Crippen LogP contribution in [0.25, 0.3) is 0 Å². The van der Waals surface area contributed by atoms with Gasteiger partial charge in [0.2, 0.25) is 11.8 Å². The van der Waals surface area contributed by atoms with Gasteiger partial charge in [-0.15, -0.1) is 0 Å². The molecule has 0 aliphatic carbocycles. The van der Waals surface area contributed by atoms with E-state index in [0.717, 1.165) is 245 Å². The van der Waals surface area contributed by atoms with Gasteiger partial charge in [-0.1, -0.05) is 324 Å². The monoisotopic (exact) mass is 1500 g/mol. The smallest absolute Gasteiger partial charge is 0.306 e. The molecule has 0 heterocycles. The van der Waals surface area contributed by atoms with Crippen LogP contribution in [-0.4, -0.2) is 123 Å². The van der Waals surface area contributed by atoms with Gasteiger partial charge < -0.3 is 39.4 Å². The highest BCUT2D eigenvalue weighted by Crippen LogP contribution is 2.22. The van der Waals surface area contributed by atoms with Crippen LogP contribution in [0, 0.1) is 0 Å². The summed E-state index contributed by atoms with van der Waals surface area (Å²) in [7, 11) is 0. The number of nitrogens with zero attached hydrogens (tertiary/aromatic N) is 2. The van der Waals surface area contributed by atoms with E-state index < -0.39 is 0 Å². The number of hydrogen-bond acceptors (Lipinski definition) is 12. The molecule has 2 amide bonds. The standard InChI is InChI=1S/C92H178N4O10/c1-7-13-19-25-31-49-63-83-103-89(99)69-55-41-33-45-59-77-95(79-61-47-35-43-57-71-91(101)105-85(65-51-37-27-21-15-9-3)66-52-38-28-22-16-10-4)81-75-93-87(97)73-74-88(98)94-76-82-96(78-60-46-34-42-56-70-90(100)104-84-64-50-32-26-20-14-8-2)80-62-48-36-44-58-72-92(102)106-86(67-53-39-29-23-17-11-5)68-54-40-30-24-18-12-6/h85-86H,7-84H2,1-6H3,(H,93,97)(H,94,98). The zero-order valence-electron chi connectivity index (χ0n) is 71.3. The van der Waals surface area contributed by atoms with Crippen molar-refractivity contribution >= 4 is 35.7 Å². The lowest BCUT2D eigenvalue weighted by Gasteiger charge is -2.23. The van der Waals surface area contributed by atoms with Crippen LogP contribution in [0.5, 0.6) is 0 Å². The molecule has 0 aromatic heterocycles. The molecule has 0 unspecified atom stereocenters. The number of carbonyl (C=O) groups excluding carboxylic acids is 6. The topological polar surface area (TPSA) is 170 Å². The molecule has 14 nitrogen and oxygen atoms in total. The molecule has 0 rings (SSSR count). The van der Waals surface area contributed by atoms with E-state index in [9.17, 15) is 28.8 Å². The predicted octanol–water partition coefficient (Wildman–Crippen LogP) is 25.4. The third-order valence-corrected chi connectivity index (χ3v) is 21.6. The second-order valence-electron chi connectivity index (χ2n) is 32.1. The van der Waals surface area contributed by atoms with Crippen LogP contribution >= 0.6 is 0 Å². The fourth-order valence-corrected chi connectivity index (χ4v) is 14.6. The maximum absolute atomic E-state index is 13.2. The zero-order valence-corrected chi connectivity index (χ0v) is 71.3. The number of carbonyl (C=O) groups is 6. The maximum atomic E-state index is 13.2. The van der Waals surface area contributed by atoms with Crippen LogP contribution in [-0.2, 0) is 47.7 Å². The first-order valence-electron chi connectivity index (χ1n) is 46.7. The lowest BCUT2D eigenvalue weighted by Crippen LogP contribution is -2.37. The molecule has 0 radical (unpaired) electrons. The molecule has 0 aromatic carbocycles. The molecule has 0 aliphatic rings. The Morgan fingerprint density at radius 3 is 0.689 bits per heavy atom. The molecule has 0 spiro atoms. The van der Waals surface area contributed by atoms with Crippen LogP contribution in [0.3, 0.4) is 0 Å². The molecule has 0 fully saturated rings. The normalized spacial score (nSPS) is 11.6. The Morgan fingerprint density at radius 1 is 0.226 bits per heavy atom. The van der Waals surface area contributed by atoms with Gasteiger partial charge in [0.05, 0.1) is 13.2 Å². The average Bonchev–Trinajstić information content (AvgIpc) is 1.04. The summed E-state index contributed by atoms with van der Waals surface area (Å²) < 4.78 is 23.4. The quantitative estimate of drug-likeness (QED) is 0.0336. The summed E-state index contributed by atoms with van der Waals surface area (Å²) in [5.74, 6) is -0.358. The van der Waals surface area contributed by atoms with Crippen LogP contribution in [0.1, 0.15) is 478 Å². The Kier molecular flexibility index (Phi) is 81.6. The third-order valence-electron chi connectivity index (χ3n) is 21.6. The minimum absolute atomic E-state index is 0.0188. The molecule has 14 heteroatoms. The molecule has 0 saturated carbocycles. The molecule has 0 bridgehead atoms. The van der Waals surface area contributed by atoms with Crippen molar-refractivity contribution in [2.75, 3.05) is 65.6 Å². The first kappa shape index (κ1) is 103. The number of unbranched alkanes of at least 4 members (excludes halogenated alkanes) is 48. The lowest BCUT2D eigenvalue weighted by atomic mass is 10.0. The minimum atomic E-state index is -0.0965. The molecule has 626 valence electrons. The van der Waals surface area contributed by atoms with Crippen molar-refractivity contribution in [1.82, 2.24) is 20.4 Å². The molecule has 2 N–H and O–H groups in total. The zero-order chi connectivity index (χ0) is 77.2. The Balaban J connectivity index is 5.36. The van der Waals surface area contributed by atoms with Crippen molar-refractivity contribution in [2.45, 2.75) is 490 Å². The number of ether oxygens (including phenoxy) is 4. The number of esters is 4. The van der Waals surface area contributed by atoms with E-state index in [4.69, 9.17) is 18.9 Å². The van der Waals surface area contributed by atoms with Gasteiger partial charge in [-0.25, -0.2) is 0 Å². The average molecular weight is 1500 g/mol. The highest BCUT2D eigenvalue weighted by Gasteiger charge is 2.18. The van der Waals surface area contributed by atoms with Crippen LogP contribution in [0.15, 0.2) is 0 Å². The van der Waals surface area contributed by atoms with E-state index in [-0.39, 0.29) is 60.7 Å². The van der Waals surface area contributed by atoms with Crippen molar-refractivity contribution in [2.24, 2.45) is 0 Å². The Labute approximate surface area is 656 Å². The summed E-state index contributed by atoms with van der Waals surface area (Å²) in [6, 6.07) is 0. The number of amides is 2.